The topological polar surface area (TPSA) is 78.7 Å². The molecule has 0 unspecified atom stereocenters. The fraction of sp³-hybridized carbons (Fsp3) is 0.0625. The van der Waals surface area contributed by atoms with Crippen LogP contribution in [-0.2, 0) is 6.54 Å². The molecule has 3 aromatic rings. The largest absolute Gasteiger partial charge is 0.328 e. The Hall–Kier alpha value is -3.13. The second-order valence-corrected chi connectivity index (χ2v) is 4.68. The summed E-state index contributed by atoms with van der Waals surface area (Å²) in [6, 6.07) is 15.5. The summed E-state index contributed by atoms with van der Waals surface area (Å²) in [6.07, 6.45) is 1.29. The first kappa shape index (κ1) is 12.9. The summed E-state index contributed by atoms with van der Waals surface area (Å²) in [4.78, 5) is 25.4. The molecule has 0 atom stereocenters. The predicted octanol–water partition coefficient (Wildman–Crippen LogP) is 1.61. The number of aromatic amines is 1. The van der Waals surface area contributed by atoms with Crippen LogP contribution in [0.15, 0.2) is 58.3 Å². The molecule has 21 heavy (non-hydrogen) atoms. The molecule has 2 aromatic carbocycles. The highest BCUT2D eigenvalue weighted by Gasteiger charge is 2.06. The molecule has 5 nitrogen and oxygen atoms in total. The standard InChI is InChI=1S/C16H11N3O2/c17-8-13-10-19(16(21)18-15(13)20)9-12-6-3-5-11-4-1-2-7-14(11)12/h1-7,10H,9H2,(H,18,20,21). The van der Waals surface area contributed by atoms with Crippen molar-refractivity contribution in [1.82, 2.24) is 9.55 Å². The lowest BCUT2D eigenvalue weighted by Gasteiger charge is -2.08. The molecular weight excluding hydrogens is 266 g/mol. The van der Waals surface area contributed by atoms with E-state index in [1.54, 1.807) is 6.07 Å². The molecule has 102 valence electrons. The molecule has 0 aliphatic rings. The number of H-pyrrole nitrogens is 1. The summed E-state index contributed by atoms with van der Waals surface area (Å²) >= 11 is 0. The summed E-state index contributed by atoms with van der Waals surface area (Å²) in [7, 11) is 0. The number of benzene rings is 2. The highest BCUT2D eigenvalue weighted by molar-refractivity contribution is 5.85. The van der Waals surface area contributed by atoms with Gasteiger partial charge in [-0.3, -0.25) is 14.3 Å². The normalized spacial score (nSPS) is 10.4. The number of nitriles is 1. The van der Waals surface area contributed by atoms with Crippen LogP contribution in [0.5, 0.6) is 0 Å². The van der Waals surface area contributed by atoms with Gasteiger partial charge in [0.25, 0.3) is 5.56 Å². The molecule has 0 saturated carbocycles. The van der Waals surface area contributed by atoms with Crippen LogP contribution in [0.1, 0.15) is 11.1 Å². The lowest BCUT2D eigenvalue weighted by molar-refractivity contribution is 0.721. The van der Waals surface area contributed by atoms with Gasteiger partial charge < -0.3 is 0 Å². The summed E-state index contributed by atoms with van der Waals surface area (Å²) in [6.45, 7) is 0.297. The summed E-state index contributed by atoms with van der Waals surface area (Å²) in [5.41, 5.74) is -0.301. The predicted molar refractivity (Wildman–Crippen MR) is 79.1 cm³/mol. The Balaban J connectivity index is 2.14. The molecule has 0 aliphatic carbocycles. The van der Waals surface area contributed by atoms with Gasteiger partial charge in [0, 0.05) is 6.20 Å². The van der Waals surface area contributed by atoms with Crippen molar-refractivity contribution in [2.24, 2.45) is 0 Å². The van der Waals surface area contributed by atoms with E-state index in [2.05, 4.69) is 4.98 Å². The van der Waals surface area contributed by atoms with Gasteiger partial charge in [-0.25, -0.2) is 4.79 Å². The molecule has 0 bridgehead atoms. The van der Waals surface area contributed by atoms with Crippen LogP contribution in [0.4, 0.5) is 0 Å². The van der Waals surface area contributed by atoms with Gasteiger partial charge >= 0.3 is 5.69 Å². The molecular formula is C16H11N3O2. The van der Waals surface area contributed by atoms with Crippen LogP contribution in [0.2, 0.25) is 0 Å². The third kappa shape index (κ3) is 2.35. The highest BCUT2D eigenvalue weighted by atomic mass is 16.2. The zero-order chi connectivity index (χ0) is 14.8. The Labute approximate surface area is 119 Å². The Morgan fingerprint density at radius 3 is 2.67 bits per heavy atom. The van der Waals surface area contributed by atoms with Crippen molar-refractivity contribution in [2.75, 3.05) is 0 Å². The third-order valence-corrected chi connectivity index (χ3v) is 3.35. The van der Waals surface area contributed by atoms with Crippen molar-refractivity contribution in [2.45, 2.75) is 6.54 Å². The van der Waals surface area contributed by atoms with Gasteiger partial charge in [0.15, 0.2) is 0 Å². The molecule has 0 radical (unpaired) electrons. The second kappa shape index (κ2) is 5.10. The van der Waals surface area contributed by atoms with Crippen molar-refractivity contribution >= 4 is 10.8 Å². The first-order valence-corrected chi connectivity index (χ1v) is 6.39. The number of nitrogens with one attached hydrogen (secondary N) is 1. The Kier molecular flexibility index (Phi) is 3.13. The molecule has 5 heteroatoms. The van der Waals surface area contributed by atoms with Gasteiger partial charge in [-0.1, -0.05) is 42.5 Å². The van der Waals surface area contributed by atoms with Crippen molar-refractivity contribution < 1.29 is 0 Å². The fourth-order valence-electron chi connectivity index (χ4n) is 2.32. The SMILES string of the molecule is N#Cc1cn(Cc2cccc3ccccc23)c(=O)[nH]c1=O. The van der Waals surface area contributed by atoms with E-state index in [1.807, 2.05) is 42.5 Å². The Morgan fingerprint density at radius 2 is 1.86 bits per heavy atom. The maximum absolute atomic E-state index is 11.8. The van der Waals surface area contributed by atoms with Crippen molar-refractivity contribution in [3.63, 3.8) is 0 Å². The van der Waals surface area contributed by atoms with Crippen molar-refractivity contribution in [3.05, 3.63) is 80.6 Å². The van der Waals surface area contributed by atoms with E-state index in [1.165, 1.54) is 10.8 Å². The minimum atomic E-state index is -0.656. The van der Waals surface area contributed by atoms with Gasteiger partial charge in [-0.05, 0) is 16.3 Å². The van der Waals surface area contributed by atoms with Gasteiger partial charge in [-0.2, -0.15) is 5.26 Å². The fourth-order valence-corrected chi connectivity index (χ4v) is 2.32. The Bertz CT molecular complexity index is 972. The Morgan fingerprint density at radius 1 is 1.10 bits per heavy atom. The van der Waals surface area contributed by atoms with Crippen LogP contribution >= 0.6 is 0 Å². The summed E-state index contributed by atoms with van der Waals surface area (Å²) in [5, 5.41) is 11.0. The van der Waals surface area contributed by atoms with Crippen LogP contribution in [-0.4, -0.2) is 9.55 Å². The maximum Gasteiger partial charge on any atom is 0.328 e. The number of fused-ring (bicyclic) bond motifs is 1. The van der Waals surface area contributed by atoms with Crippen LogP contribution in [0.25, 0.3) is 10.8 Å². The highest BCUT2D eigenvalue weighted by Crippen LogP contribution is 2.18. The van der Waals surface area contributed by atoms with E-state index >= 15 is 0 Å². The average molecular weight is 277 g/mol. The smallest absolute Gasteiger partial charge is 0.295 e. The molecule has 1 heterocycles. The number of rotatable bonds is 2. The van der Waals surface area contributed by atoms with E-state index in [-0.39, 0.29) is 5.56 Å². The molecule has 0 saturated heterocycles. The molecule has 0 amide bonds. The molecule has 0 aliphatic heterocycles. The zero-order valence-electron chi connectivity index (χ0n) is 11.0. The van der Waals surface area contributed by atoms with E-state index in [0.29, 0.717) is 6.54 Å². The van der Waals surface area contributed by atoms with Crippen LogP contribution in [0, 0.1) is 11.3 Å². The number of hydrogen-bond acceptors (Lipinski definition) is 3. The van der Waals surface area contributed by atoms with Gasteiger partial charge in [-0.15, -0.1) is 0 Å². The quantitative estimate of drug-likeness (QED) is 0.773. The maximum atomic E-state index is 11.8. The van der Waals surface area contributed by atoms with E-state index in [0.717, 1.165) is 16.3 Å². The second-order valence-electron chi connectivity index (χ2n) is 4.68. The van der Waals surface area contributed by atoms with E-state index < -0.39 is 11.2 Å². The number of aromatic nitrogens is 2. The minimum Gasteiger partial charge on any atom is -0.295 e. The molecule has 1 aromatic heterocycles. The van der Waals surface area contributed by atoms with Crippen LogP contribution < -0.4 is 11.2 Å². The van der Waals surface area contributed by atoms with E-state index in [4.69, 9.17) is 5.26 Å². The lowest BCUT2D eigenvalue weighted by atomic mass is 10.0. The summed E-state index contributed by atoms with van der Waals surface area (Å²) < 4.78 is 1.34. The molecule has 3 rings (SSSR count). The third-order valence-electron chi connectivity index (χ3n) is 3.35. The molecule has 0 spiro atoms. The number of hydrogen-bond donors (Lipinski definition) is 1. The first-order chi connectivity index (χ1) is 10.2. The van der Waals surface area contributed by atoms with Crippen LogP contribution in [0.3, 0.4) is 0 Å². The lowest BCUT2D eigenvalue weighted by Crippen LogP contribution is -2.31. The molecule has 1 N–H and O–H groups in total. The van der Waals surface area contributed by atoms with Gasteiger partial charge in [0.1, 0.15) is 11.6 Å². The summed E-state index contributed by atoms with van der Waals surface area (Å²) in [5.74, 6) is 0. The minimum absolute atomic E-state index is 0.0742. The van der Waals surface area contributed by atoms with Crippen molar-refractivity contribution in [3.8, 4) is 6.07 Å². The van der Waals surface area contributed by atoms with Gasteiger partial charge in [0.05, 0.1) is 6.54 Å². The monoisotopic (exact) mass is 277 g/mol. The zero-order valence-corrected chi connectivity index (χ0v) is 11.0. The average Bonchev–Trinajstić information content (AvgIpc) is 2.50. The molecule has 0 fully saturated rings. The van der Waals surface area contributed by atoms with Crippen molar-refractivity contribution in [1.29, 1.82) is 5.26 Å². The number of nitrogens with zero attached hydrogens (tertiary/aromatic N) is 2. The van der Waals surface area contributed by atoms with Gasteiger partial charge in [0.2, 0.25) is 0 Å². The first-order valence-electron chi connectivity index (χ1n) is 6.39. The van der Waals surface area contributed by atoms with E-state index in [9.17, 15) is 9.59 Å².